The second-order valence-corrected chi connectivity index (χ2v) is 10.3. The Balaban J connectivity index is 1.68. The molecule has 0 saturated carbocycles. The zero-order chi connectivity index (χ0) is 28.7. The van der Waals surface area contributed by atoms with Gasteiger partial charge < -0.3 is 26.6 Å². The monoisotopic (exact) mass is 539 g/mol. The summed E-state index contributed by atoms with van der Waals surface area (Å²) in [7, 11) is 1.66. The minimum Gasteiger partial charge on any atom is -0.368 e. The third-order valence-corrected chi connectivity index (χ3v) is 7.13. The molecule has 2 aromatic carbocycles. The number of hydrogen-bond acceptors (Lipinski definition) is 5. The zero-order valence-electron chi connectivity index (χ0n) is 22.9. The molecule has 4 amide bonds. The van der Waals surface area contributed by atoms with Gasteiger partial charge in [-0.2, -0.15) is 0 Å². The lowest BCUT2D eigenvalue weighted by molar-refractivity contribution is -0.143. The number of nitrogens with one attached hydrogen (secondary N) is 3. The van der Waals surface area contributed by atoms with E-state index < -0.39 is 36.0 Å². The van der Waals surface area contributed by atoms with Crippen molar-refractivity contribution in [1.29, 1.82) is 0 Å². The van der Waals surface area contributed by atoms with Gasteiger partial charge >= 0.3 is 0 Å². The molecular weight excluding hydrogens is 501 g/mol. The van der Waals surface area contributed by atoms with Gasteiger partial charge in [0.15, 0.2) is 0 Å². The number of nitrogens with two attached hydrogens (primary N) is 1. The Bertz CT molecular complexity index is 1170. The van der Waals surface area contributed by atoms with Gasteiger partial charge in [-0.15, -0.1) is 0 Å². The fourth-order valence-electron chi connectivity index (χ4n) is 4.61. The summed E-state index contributed by atoms with van der Waals surface area (Å²) >= 11 is 0. The molecule has 0 unspecified atom stereocenters. The molecule has 1 aliphatic rings. The minimum atomic E-state index is -0.969. The Morgan fingerprint density at radius 3 is 2.10 bits per heavy atom. The summed E-state index contributed by atoms with van der Waals surface area (Å²) in [4.78, 5) is 52.9. The maximum Gasteiger partial charge on any atom is 0.246 e. The van der Waals surface area contributed by atoms with E-state index in [4.69, 9.17) is 5.73 Å². The molecular formula is C29H38FN5O4. The lowest BCUT2D eigenvalue weighted by atomic mass is 10.00. The van der Waals surface area contributed by atoms with Crippen molar-refractivity contribution in [2.45, 2.75) is 64.2 Å². The molecule has 4 atom stereocenters. The number of likely N-dealkylation sites (N-methyl/N-ethyl adjacent to an activating group) is 1. The van der Waals surface area contributed by atoms with Crippen LogP contribution >= 0.6 is 0 Å². The van der Waals surface area contributed by atoms with Crippen LogP contribution in [-0.2, 0) is 25.6 Å². The van der Waals surface area contributed by atoms with Crippen LogP contribution in [0.5, 0.6) is 0 Å². The van der Waals surface area contributed by atoms with E-state index in [1.54, 1.807) is 26.1 Å². The van der Waals surface area contributed by atoms with E-state index in [9.17, 15) is 23.6 Å². The summed E-state index contributed by atoms with van der Waals surface area (Å²) in [6, 6.07) is 10.5. The van der Waals surface area contributed by atoms with E-state index in [2.05, 4.69) is 16.0 Å². The molecule has 3 rings (SSSR count). The van der Waals surface area contributed by atoms with Gasteiger partial charge in [-0.05, 0) is 61.6 Å². The first-order valence-corrected chi connectivity index (χ1v) is 13.2. The van der Waals surface area contributed by atoms with Crippen LogP contribution in [0.1, 0.15) is 39.2 Å². The topological polar surface area (TPSA) is 134 Å². The van der Waals surface area contributed by atoms with Gasteiger partial charge in [0.1, 0.15) is 23.9 Å². The number of carbonyl (C=O) groups excluding carboxylic acids is 4. The average molecular weight is 540 g/mol. The number of rotatable bonds is 11. The standard InChI is InChI=1S/C29H38FN5O4/c1-17(2)25(34-27(37)18(3)32-4)29(39)35-15-5-6-24(35)28(38)33-23(26(31)36)16-19-7-9-20(10-8-19)21-11-13-22(30)14-12-21/h7-14,17-18,23-25,32H,5-6,15-16H2,1-4H3,(H2,31,36)(H,33,38)(H,34,37)/t18-,23-,24-,25-/m0/s1. The Kier molecular flexibility index (Phi) is 10.2. The van der Waals surface area contributed by atoms with Gasteiger partial charge in [-0.1, -0.05) is 50.2 Å². The van der Waals surface area contributed by atoms with Crippen molar-refractivity contribution in [3.63, 3.8) is 0 Å². The van der Waals surface area contributed by atoms with E-state index in [0.717, 1.165) is 16.7 Å². The maximum absolute atomic E-state index is 13.4. The van der Waals surface area contributed by atoms with Crippen molar-refractivity contribution in [3.05, 3.63) is 59.9 Å². The summed E-state index contributed by atoms with van der Waals surface area (Å²) in [5.74, 6) is -2.27. The van der Waals surface area contributed by atoms with Crippen LogP contribution in [0.15, 0.2) is 48.5 Å². The number of likely N-dealkylation sites (tertiary alicyclic amines) is 1. The highest BCUT2D eigenvalue weighted by Crippen LogP contribution is 2.22. The molecule has 210 valence electrons. The maximum atomic E-state index is 13.4. The molecule has 2 aromatic rings. The fraction of sp³-hybridized carbons (Fsp3) is 0.448. The van der Waals surface area contributed by atoms with Gasteiger partial charge in [0, 0.05) is 13.0 Å². The summed E-state index contributed by atoms with van der Waals surface area (Å²) < 4.78 is 13.2. The van der Waals surface area contributed by atoms with Crippen molar-refractivity contribution in [3.8, 4) is 11.1 Å². The van der Waals surface area contributed by atoms with Crippen LogP contribution in [0.2, 0.25) is 0 Å². The van der Waals surface area contributed by atoms with Crippen LogP contribution in [0.3, 0.4) is 0 Å². The molecule has 0 spiro atoms. The van der Waals surface area contributed by atoms with Crippen LogP contribution in [0, 0.1) is 11.7 Å². The molecule has 1 fully saturated rings. The van der Waals surface area contributed by atoms with Gasteiger partial charge in [0.2, 0.25) is 23.6 Å². The van der Waals surface area contributed by atoms with Crippen molar-refractivity contribution in [2.24, 2.45) is 11.7 Å². The normalized spacial score (nSPS) is 17.4. The van der Waals surface area contributed by atoms with Gasteiger partial charge in [0.05, 0.1) is 6.04 Å². The molecule has 39 heavy (non-hydrogen) atoms. The first-order valence-electron chi connectivity index (χ1n) is 13.2. The van der Waals surface area contributed by atoms with Crippen molar-refractivity contribution in [1.82, 2.24) is 20.9 Å². The Labute approximate surface area is 228 Å². The van der Waals surface area contributed by atoms with Crippen molar-refractivity contribution in [2.75, 3.05) is 13.6 Å². The van der Waals surface area contributed by atoms with Crippen LogP contribution < -0.4 is 21.7 Å². The molecule has 10 heteroatoms. The fourth-order valence-corrected chi connectivity index (χ4v) is 4.61. The minimum absolute atomic E-state index is 0.179. The van der Waals surface area contributed by atoms with Crippen LogP contribution in [0.25, 0.3) is 11.1 Å². The first-order chi connectivity index (χ1) is 18.5. The Morgan fingerprint density at radius 2 is 1.56 bits per heavy atom. The van der Waals surface area contributed by atoms with E-state index in [-0.39, 0.29) is 30.0 Å². The summed E-state index contributed by atoms with van der Waals surface area (Å²) in [5, 5.41) is 8.38. The first kappa shape index (κ1) is 29.8. The number of nitrogens with zero attached hydrogens (tertiary/aromatic N) is 1. The number of halogens is 1. The van der Waals surface area contributed by atoms with Crippen molar-refractivity contribution >= 4 is 23.6 Å². The third-order valence-electron chi connectivity index (χ3n) is 7.13. The van der Waals surface area contributed by atoms with Gasteiger partial charge in [-0.3, -0.25) is 19.2 Å². The molecule has 0 radical (unpaired) electrons. The summed E-state index contributed by atoms with van der Waals surface area (Å²) in [6.07, 6.45) is 1.25. The number of primary amides is 1. The molecule has 0 bridgehead atoms. The van der Waals surface area contributed by atoms with Gasteiger partial charge in [-0.25, -0.2) is 4.39 Å². The van der Waals surface area contributed by atoms with E-state index in [1.807, 2.05) is 38.1 Å². The smallest absolute Gasteiger partial charge is 0.246 e. The van der Waals surface area contributed by atoms with Crippen molar-refractivity contribution < 1.29 is 23.6 Å². The SMILES string of the molecule is CN[C@@H](C)C(=O)N[C@H](C(=O)N1CCC[C@H]1C(=O)N[C@@H](Cc1ccc(-c2ccc(F)cc2)cc1)C(N)=O)C(C)C. The number of amides is 4. The predicted molar refractivity (Wildman–Crippen MR) is 147 cm³/mol. The number of benzene rings is 2. The van der Waals surface area contributed by atoms with E-state index >= 15 is 0 Å². The molecule has 5 N–H and O–H groups in total. The highest BCUT2D eigenvalue weighted by atomic mass is 19.1. The Morgan fingerprint density at radius 1 is 0.974 bits per heavy atom. The van der Waals surface area contributed by atoms with Gasteiger partial charge in [0.25, 0.3) is 0 Å². The summed E-state index contributed by atoms with van der Waals surface area (Å²) in [5.41, 5.74) is 8.14. The lowest BCUT2D eigenvalue weighted by Crippen LogP contribution is -2.58. The molecule has 9 nitrogen and oxygen atoms in total. The Hall–Kier alpha value is -3.79. The molecule has 0 aromatic heterocycles. The highest BCUT2D eigenvalue weighted by molar-refractivity contribution is 5.95. The average Bonchev–Trinajstić information content (AvgIpc) is 3.41. The lowest BCUT2D eigenvalue weighted by Gasteiger charge is -2.31. The number of carbonyl (C=O) groups is 4. The molecule has 0 aliphatic carbocycles. The quantitative estimate of drug-likeness (QED) is 0.345. The second-order valence-electron chi connectivity index (χ2n) is 10.3. The van der Waals surface area contributed by atoms with Crippen LogP contribution in [-0.4, -0.2) is 66.3 Å². The number of hydrogen-bond donors (Lipinski definition) is 4. The van der Waals surface area contributed by atoms with E-state index in [0.29, 0.717) is 19.4 Å². The van der Waals surface area contributed by atoms with E-state index in [1.165, 1.54) is 17.0 Å². The molecule has 1 aliphatic heterocycles. The summed E-state index contributed by atoms with van der Waals surface area (Å²) in [6.45, 7) is 5.75. The predicted octanol–water partition coefficient (Wildman–Crippen LogP) is 1.75. The largest absolute Gasteiger partial charge is 0.368 e. The molecule has 1 saturated heterocycles. The highest BCUT2D eigenvalue weighted by Gasteiger charge is 2.39. The molecule has 1 heterocycles. The third kappa shape index (κ3) is 7.63. The second kappa shape index (κ2) is 13.3. The zero-order valence-corrected chi connectivity index (χ0v) is 22.9. The van der Waals surface area contributed by atoms with Crippen LogP contribution in [0.4, 0.5) is 4.39 Å².